The van der Waals surface area contributed by atoms with Gasteiger partial charge in [-0.25, -0.2) is 0 Å². The molecular weight excluding hydrogens is 196 g/mol. The summed E-state index contributed by atoms with van der Waals surface area (Å²) in [6.45, 7) is 0. The highest BCUT2D eigenvalue weighted by molar-refractivity contribution is 5.80. The SMILES string of the molecule is N#C/C=C(/c1ccccc1)c1cccnc1. The normalized spacial score (nSPS) is 10.8. The highest BCUT2D eigenvalue weighted by atomic mass is 14.6. The zero-order valence-electron chi connectivity index (χ0n) is 8.67. The molecule has 2 rings (SSSR count). The number of nitriles is 1. The molecule has 2 nitrogen and oxygen atoms in total. The summed E-state index contributed by atoms with van der Waals surface area (Å²) in [5.41, 5.74) is 2.88. The molecule has 0 radical (unpaired) electrons. The standard InChI is InChI=1S/C14H10N2/c15-9-8-14(12-5-2-1-3-6-12)13-7-4-10-16-11-13/h1-8,10-11H/b14-8-. The number of aromatic nitrogens is 1. The minimum Gasteiger partial charge on any atom is -0.264 e. The van der Waals surface area contributed by atoms with Crippen molar-refractivity contribution in [2.45, 2.75) is 0 Å². The number of benzene rings is 1. The van der Waals surface area contributed by atoms with Gasteiger partial charge in [-0.3, -0.25) is 4.98 Å². The summed E-state index contributed by atoms with van der Waals surface area (Å²) < 4.78 is 0. The molecule has 0 aliphatic carbocycles. The monoisotopic (exact) mass is 206 g/mol. The Morgan fingerprint density at radius 2 is 1.81 bits per heavy atom. The van der Waals surface area contributed by atoms with Crippen molar-refractivity contribution in [3.05, 3.63) is 72.1 Å². The number of allylic oxidation sites excluding steroid dienone is 1. The van der Waals surface area contributed by atoms with Crippen molar-refractivity contribution in [3.63, 3.8) is 0 Å². The van der Waals surface area contributed by atoms with Crippen molar-refractivity contribution >= 4 is 5.57 Å². The van der Waals surface area contributed by atoms with Crippen molar-refractivity contribution in [2.24, 2.45) is 0 Å². The fourth-order valence-electron chi connectivity index (χ4n) is 1.54. The van der Waals surface area contributed by atoms with Crippen molar-refractivity contribution < 1.29 is 0 Å². The first-order valence-electron chi connectivity index (χ1n) is 4.97. The molecule has 0 spiro atoms. The quantitative estimate of drug-likeness (QED) is 0.708. The van der Waals surface area contributed by atoms with Crippen LogP contribution < -0.4 is 0 Å². The molecule has 0 saturated heterocycles. The lowest BCUT2D eigenvalue weighted by Crippen LogP contribution is -1.88. The summed E-state index contributed by atoms with van der Waals surface area (Å²) in [6, 6.07) is 15.7. The van der Waals surface area contributed by atoms with E-state index in [2.05, 4.69) is 11.1 Å². The summed E-state index contributed by atoms with van der Waals surface area (Å²) in [7, 11) is 0. The van der Waals surface area contributed by atoms with Gasteiger partial charge >= 0.3 is 0 Å². The van der Waals surface area contributed by atoms with Crippen LogP contribution in [-0.2, 0) is 0 Å². The Hall–Kier alpha value is -2.40. The molecule has 1 aromatic heterocycles. The first kappa shape index (κ1) is 10.1. The van der Waals surface area contributed by atoms with Crippen molar-refractivity contribution in [2.75, 3.05) is 0 Å². The third kappa shape index (κ3) is 2.15. The van der Waals surface area contributed by atoms with E-state index in [9.17, 15) is 0 Å². The fourth-order valence-corrected chi connectivity index (χ4v) is 1.54. The Labute approximate surface area is 94.5 Å². The van der Waals surface area contributed by atoms with Crippen molar-refractivity contribution in [3.8, 4) is 6.07 Å². The van der Waals surface area contributed by atoms with Gasteiger partial charge in [0.15, 0.2) is 0 Å². The molecule has 1 heterocycles. The van der Waals surface area contributed by atoms with E-state index in [4.69, 9.17) is 5.26 Å². The van der Waals surface area contributed by atoms with Gasteiger partial charge < -0.3 is 0 Å². The average molecular weight is 206 g/mol. The van der Waals surface area contributed by atoms with Crippen molar-refractivity contribution in [1.82, 2.24) is 4.98 Å². The van der Waals surface area contributed by atoms with Gasteiger partial charge in [0, 0.05) is 29.6 Å². The molecule has 1 aromatic carbocycles. The fraction of sp³-hybridized carbons (Fsp3) is 0. The Kier molecular flexibility index (Phi) is 3.10. The van der Waals surface area contributed by atoms with E-state index in [0.717, 1.165) is 16.7 Å². The second-order valence-electron chi connectivity index (χ2n) is 3.29. The number of pyridine rings is 1. The first-order chi connectivity index (χ1) is 7.92. The predicted molar refractivity (Wildman–Crippen MR) is 63.4 cm³/mol. The molecule has 2 aromatic rings. The third-order valence-electron chi connectivity index (χ3n) is 2.27. The molecule has 0 fully saturated rings. The van der Waals surface area contributed by atoms with E-state index in [1.165, 1.54) is 0 Å². The van der Waals surface area contributed by atoms with E-state index in [1.807, 2.05) is 42.5 Å². The maximum Gasteiger partial charge on any atom is 0.0918 e. The minimum absolute atomic E-state index is 0.899. The molecule has 16 heavy (non-hydrogen) atoms. The smallest absolute Gasteiger partial charge is 0.0918 e. The lowest BCUT2D eigenvalue weighted by atomic mass is 9.99. The van der Waals surface area contributed by atoms with Gasteiger partial charge in [0.1, 0.15) is 0 Å². The molecule has 0 atom stereocenters. The van der Waals surface area contributed by atoms with Crippen LogP contribution in [0.1, 0.15) is 11.1 Å². The second-order valence-corrected chi connectivity index (χ2v) is 3.29. The lowest BCUT2D eigenvalue weighted by Gasteiger charge is -2.05. The predicted octanol–water partition coefficient (Wildman–Crippen LogP) is 3.04. The molecule has 0 amide bonds. The third-order valence-corrected chi connectivity index (χ3v) is 2.27. The Bertz CT molecular complexity index is 480. The zero-order valence-corrected chi connectivity index (χ0v) is 8.67. The van der Waals surface area contributed by atoms with Gasteiger partial charge in [0.25, 0.3) is 0 Å². The average Bonchev–Trinajstić information content (AvgIpc) is 2.38. The van der Waals surface area contributed by atoms with Crippen LogP contribution in [0.4, 0.5) is 0 Å². The molecule has 0 bridgehead atoms. The van der Waals surface area contributed by atoms with Crippen LogP contribution in [0.15, 0.2) is 60.9 Å². The van der Waals surface area contributed by atoms with Gasteiger partial charge in [0.2, 0.25) is 0 Å². The van der Waals surface area contributed by atoms with Crippen LogP contribution in [-0.4, -0.2) is 4.98 Å². The lowest BCUT2D eigenvalue weighted by molar-refractivity contribution is 1.31. The number of rotatable bonds is 2. The van der Waals surface area contributed by atoms with E-state index in [-0.39, 0.29) is 0 Å². The zero-order chi connectivity index (χ0) is 11.2. The van der Waals surface area contributed by atoms with Gasteiger partial charge in [-0.1, -0.05) is 36.4 Å². The summed E-state index contributed by atoms with van der Waals surface area (Å²) in [5.74, 6) is 0. The van der Waals surface area contributed by atoms with Crippen LogP contribution in [0.5, 0.6) is 0 Å². The summed E-state index contributed by atoms with van der Waals surface area (Å²) in [6.07, 6.45) is 5.03. The molecule has 2 heteroatoms. The largest absolute Gasteiger partial charge is 0.264 e. The first-order valence-corrected chi connectivity index (χ1v) is 4.97. The maximum absolute atomic E-state index is 8.81. The van der Waals surface area contributed by atoms with E-state index in [0.29, 0.717) is 0 Å². The van der Waals surface area contributed by atoms with Crippen LogP contribution in [0, 0.1) is 11.3 Å². The molecule has 0 saturated carbocycles. The van der Waals surface area contributed by atoms with E-state index in [1.54, 1.807) is 18.5 Å². The second kappa shape index (κ2) is 4.90. The topological polar surface area (TPSA) is 36.7 Å². The minimum atomic E-state index is 0.899. The van der Waals surface area contributed by atoms with Gasteiger partial charge in [-0.05, 0) is 11.6 Å². The maximum atomic E-state index is 8.81. The van der Waals surface area contributed by atoms with Gasteiger partial charge in [0.05, 0.1) is 6.07 Å². The summed E-state index contributed by atoms with van der Waals surface area (Å²) in [4.78, 5) is 4.06. The highest BCUT2D eigenvalue weighted by Gasteiger charge is 2.03. The molecule has 0 N–H and O–H groups in total. The Balaban J connectivity index is 2.50. The number of nitrogens with zero attached hydrogens (tertiary/aromatic N) is 2. The van der Waals surface area contributed by atoms with Crippen LogP contribution >= 0.6 is 0 Å². The summed E-state index contributed by atoms with van der Waals surface area (Å²) >= 11 is 0. The van der Waals surface area contributed by atoms with E-state index < -0.39 is 0 Å². The van der Waals surface area contributed by atoms with Gasteiger partial charge in [-0.15, -0.1) is 0 Å². The number of hydrogen-bond acceptors (Lipinski definition) is 2. The Morgan fingerprint density at radius 3 is 2.44 bits per heavy atom. The van der Waals surface area contributed by atoms with E-state index >= 15 is 0 Å². The molecule has 76 valence electrons. The van der Waals surface area contributed by atoms with Crippen molar-refractivity contribution in [1.29, 1.82) is 5.26 Å². The van der Waals surface area contributed by atoms with Crippen LogP contribution in [0.3, 0.4) is 0 Å². The number of hydrogen-bond donors (Lipinski definition) is 0. The molecule has 0 aliphatic heterocycles. The Morgan fingerprint density at radius 1 is 1.06 bits per heavy atom. The van der Waals surface area contributed by atoms with Crippen LogP contribution in [0.2, 0.25) is 0 Å². The summed E-state index contributed by atoms with van der Waals surface area (Å²) in [5, 5.41) is 8.81. The highest BCUT2D eigenvalue weighted by Crippen LogP contribution is 2.21. The molecular formula is C14H10N2. The molecule has 0 unspecified atom stereocenters. The molecule has 0 aliphatic rings. The van der Waals surface area contributed by atoms with Crippen LogP contribution in [0.25, 0.3) is 5.57 Å². The van der Waals surface area contributed by atoms with Gasteiger partial charge in [-0.2, -0.15) is 5.26 Å².